The second-order valence-corrected chi connectivity index (χ2v) is 13.9. The van der Waals surface area contributed by atoms with E-state index in [1.54, 1.807) is 0 Å². The number of fused-ring (bicyclic) bond motifs is 12. The van der Waals surface area contributed by atoms with Crippen molar-refractivity contribution in [2.45, 2.75) is 0 Å². The molecule has 5 nitrogen and oxygen atoms in total. The van der Waals surface area contributed by atoms with Crippen LogP contribution in [-0.2, 0) is 0 Å². The summed E-state index contributed by atoms with van der Waals surface area (Å²) in [5.41, 5.74) is 9.13. The van der Waals surface area contributed by atoms with Gasteiger partial charge in [0.2, 0.25) is 0 Å². The molecule has 4 heterocycles. The molecule has 0 fully saturated rings. The van der Waals surface area contributed by atoms with Crippen LogP contribution < -0.4 is 0 Å². The van der Waals surface area contributed by atoms with Gasteiger partial charge in [-0.3, -0.25) is 0 Å². The number of para-hydroxylation sites is 1. The third-order valence-electron chi connectivity index (χ3n) is 10.1. The molecule has 0 radical (unpaired) electrons. The van der Waals surface area contributed by atoms with Crippen LogP contribution in [0.4, 0.5) is 0 Å². The van der Waals surface area contributed by atoms with Gasteiger partial charge < -0.3 is 13.6 Å². The molecule has 230 valence electrons. The van der Waals surface area contributed by atoms with E-state index >= 15 is 0 Å². The van der Waals surface area contributed by atoms with Crippen LogP contribution in [0.3, 0.4) is 0 Å². The number of aromatic nitrogens is 2. The van der Waals surface area contributed by atoms with Crippen LogP contribution >= 0.6 is 11.3 Å². The highest BCUT2D eigenvalue weighted by atomic mass is 32.1. The zero-order valence-electron chi connectivity index (χ0n) is 26.3. The lowest BCUT2D eigenvalue weighted by molar-refractivity contribution is 0.669. The fourth-order valence-electron chi connectivity index (χ4n) is 7.94. The Morgan fingerprint density at radius 2 is 0.980 bits per heavy atom. The highest BCUT2D eigenvalue weighted by Crippen LogP contribution is 2.42. The number of furan rings is 1. The van der Waals surface area contributed by atoms with E-state index in [4.69, 9.17) is 4.42 Å². The molecular weight excluding hydrogens is 633 g/mol. The minimum atomic E-state index is 0.584. The maximum absolute atomic E-state index is 9.65. The van der Waals surface area contributed by atoms with Crippen molar-refractivity contribution in [3.63, 3.8) is 0 Å². The van der Waals surface area contributed by atoms with Gasteiger partial charge in [0.05, 0.1) is 45.3 Å². The van der Waals surface area contributed by atoms with Gasteiger partial charge in [-0.25, -0.2) is 0 Å². The molecule has 50 heavy (non-hydrogen) atoms. The largest absolute Gasteiger partial charge is 0.456 e. The van der Waals surface area contributed by atoms with Gasteiger partial charge in [0.1, 0.15) is 11.2 Å². The highest BCUT2D eigenvalue weighted by molar-refractivity contribution is 7.25. The van der Waals surface area contributed by atoms with Crippen LogP contribution in [0.5, 0.6) is 0 Å². The molecule has 11 aromatic rings. The van der Waals surface area contributed by atoms with E-state index in [2.05, 4.69) is 112 Å². The molecule has 0 bridgehead atoms. The third-order valence-corrected chi connectivity index (χ3v) is 11.3. The van der Waals surface area contributed by atoms with Gasteiger partial charge in [-0.15, -0.1) is 11.3 Å². The second kappa shape index (κ2) is 9.84. The highest BCUT2D eigenvalue weighted by Gasteiger charge is 2.19. The Morgan fingerprint density at radius 3 is 1.64 bits per heavy atom. The second-order valence-electron chi connectivity index (χ2n) is 12.8. The molecule has 0 unspecified atom stereocenters. The summed E-state index contributed by atoms with van der Waals surface area (Å²) >= 11 is 1.85. The van der Waals surface area contributed by atoms with Crippen LogP contribution in [-0.4, -0.2) is 9.13 Å². The van der Waals surface area contributed by atoms with Gasteiger partial charge in [-0.1, -0.05) is 36.4 Å². The maximum atomic E-state index is 9.65. The van der Waals surface area contributed by atoms with Gasteiger partial charge in [0.15, 0.2) is 0 Å². The number of nitrogens with zero attached hydrogens (tertiary/aromatic N) is 4. The summed E-state index contributed by atoms with van der Waals surface area (Å²) in [4.78, 5) is 0. The number of thiophene rings is 1. The molecule has 4 aromatic heterocycles. The minimum Gasteiger partial charge on any atom is -0.456 e. The Balaban J connectivity index is 1.17. The summed E-state index contributed by atoms with van der Waals surface area (Å²) in [5, 5.41) is 28.3. The van der Waals surface area contributed by atoms with Crippen molar-refractivity contribution < 1.29 is 4.42 Å². The van der Waals surface area contributed by atoms with E-state index in [0.29, 0.717) is 11.1 Å². The van der Waals surface area contributed by atoms with Crippen LogP contribution in [0, 0.1) is 22.7 Å². The van der Waals surface area contributed by atoms with E-state index in [-0.39, 0.29) is 0 Å². The number of hydrogen-bond acceptors (Lipinski definition) is 4. The third kappa shape index (κ3) is 3.63. The van der Waals surface area contributed by atoms with Crippen molar-refractivity contribution in [3.05, 3.63) is 145 Å². The molecule has 0 atom stereocenters. The van der Waals surface area contributed by atoms with Crippen molar-refractivity contribution in [2.75, 3.05) is 0 Å². The van der Waals surface area contributed by atoms with Crippen molar-refractivity contribution in [1.82, 2.24) is 9.13 Å². The molecule has 11 rings (SSSR count). The van der Waals surface area contributed by atoms with Crippen LogP contribution in [0.15, 0.2) is 138 Å². The van der Waals surface area contributed by atoms with Crippen molar-refractivity contribution in [3.8, 4) is 23.5 Å². The molecule has 6 heteroatoms. The van der Waals surface area contributed by atoms with Crippen molar-refractivity contribution >= 4 is 97.1 Å². The predicted octanol–water partition coefficient (Wildman–Crippen LogP) is 11.9. The first-order valence-electron chi connectivity index (χ1n) is 16.4. The number of hydrogen-bond donors (Lipinski definition) is 0. The number of rotatable bonds is 2. The fourth-order valence-corrected chi connectivity index (χ4v) is 9.06. The van der Waals surface area contributed by atoms with E-state index in [1.165, 1.54) is 36.5 Å². The fraction of sp³-hybridized carbons (Fsp3) is 0. The van der Waals surface area contributed by atoms with Gasteiger partial charge in [0.25, 0.3) is 0 Å². The first-order valence-corrected chi connectivity index (χ1v) is 17.2. The van der Waals surface area contributed by atoms with E-state index in [1.807, 2.05) is 53.8 Å². The standard InChI is InChI=1S/C44H22N4OS/c45-23-25-9-13-38-31(17-25)32-18-26(24-46)10-14-39(32)47(38)27-11-15-41-34(19-27)35-20-28(12-16-42(35)49-41)48-37-7-3-1-5-29(37)33-22-44-36(21-40(33)48)30-6-2-4-8-43(30)50-44/h1-22H. The Hall–Kier alpha value is -6.86. The molecular formula is C44H22N4OS. The van der Waals surface area contributed by atoms with Gasteiger partial charge in [0, 0.05) is 63.9 Å². The SMILES string of the molecule is N#Cc1ccc2c(c1)c1cc(C#N)ccc1n2-c1ccc2oc3ccc(-n4c5ccccc5c5cc6sc7ccccc7c6cc54)cc3c2c1. The molecule has 0 saturated carbocycles. The monoisotopic (exact) mass is 654 g/mol. The Kier molecular flexibility index (Phi) is 5.34. The molecule has 0 aliphatic carbocycles. The Morgan fingerprint density at radius 1 is 0.420 bits per heavy atom. The first kappa shape index (κ1) is 27.1. The summed E-state index contributed by atoms with van der Waals surface area (Å²) < 4.78 is 13.6. The normalized spacial score (nSPS) is 12.0. The quantitative estimate of drug-likeness (QED) is 0.186. The Bertz CT molecular complexity index is 3290. The van der Waals surface area contributed by atoms with Crippen molar-refractivity contribution in [2.24, 2.45) is 0 Å². The lowest BCUT2D eigenvalue weighted by Crippen LogP contribution is -1.94. The summed E-state index contributed by atoms with van der Waals surface area (Å²) in [7, 11) is 0. The van der Waals surface area contributed by atoms with E-state index in [9.17, 15) is 10.5 Å². The van der Waals surface area contributed by atoms with E-state index in [0.717, 1.165) is 60.6 Å². The van der Waals surface area contributed by atoms with Gasteiger partial charge >= 0.3 is 0 Å². The molecule has 0 aliphatic heterocycles. The lowest BCUT2D eigenvalue weighted by atomic mass is 10.1. The lowest BCUT2D eigenvalue weighted by Gasteiger charge is -2.09. The maximum Gasteiger partial charge on any atom is 0.135 e. The van der Waals surface area contributed by atoms with Crippen LogP contribution in [0.2, 0.25) is 0 Å². The molecule has 0 spiro atoms. The smallest absolute Gasteiger partial charge is 0.135 e. The van der Waals surface area contributed by atoms with Crippen molar-refractivity contribution in [1.29, 1.82) is 10.5 Å². The zero-order chi connectivity index (χ0) is 33.1. The Labute approximate surface area is 288 Å². The number of benzene rings is 7. The average molecular weight is 655 g/mol. The van der Waals surface area contributed by atoms with Gasteiger partial charge in [-0.05, 0) is 97.1 Å². The van der Waals surface area contributed by atoms with Crippen LogP contribution in [0.1, 0.15) is 11.1 Å². The topological polar surface area (TPSA) is 70.6 Å². The average Bonchev–Trinajstić information content (AvgIpc) is 3.90. The summed E-state index contributed by atoms with van der Waals surface area (Å²) in [5.74, 6) is 0. The summed E-state index contributed by atoms with van der Waals surface area (Å²) in [6, 6.07) is 50.8. The molecule has 0 saturated heterocycles. The molecule has 0 amide bonds. The van der Waals surface area contributed by atoms with Gasteiger partial charge in [-0.2, -0.15) is 10.5 Å². The minimum absolute atomic E-state index is 0.584. The first-order chi connectivity index (χ1) is 24.7. The molecule has 0 aliphatic rings. The molecule has 7 aromatic carbocycles. The van der Waals surface area contributed by atoms with E-state index < -0.39 is 0 Å². The zero-order valence-corrected chi connectivity index (χ0v) is 27.1. The summed E-state index contributed by atoms with van der Waals surface area (Å²) in [6.45, 7) is 0. The van der Waals surface area contributed by atoms with Crippen LogP contribution in [0.25, 0.3) is 97.1 Å². The molecule has 0 N–H and O–H groups in total. The predicted molar refractivity (Wildman–Crippen MR) is 205 cm³/mol. The summed E-state index contributed by atoms with van der Waals surface area (Å²) in [6.07, 6.45) is 0. The number of nitriles is 2.